The van der Waals surface area contributed by atoms with Gasteiger partial charge < -0.3 is 4.84 Å². The molecule has 3 rings (SSSR count). The highest BCUT2D eigenvalue weighted by molar-refractivity contribution is 7.89. The van der Waals surface area contributed by atoms with Crippen molar-refractivity contribution in [3.05, 3.63) is 51.7 Å². The molecule has 2 amide bonds. The summed E-state index contributed by atoms with van der Waals surface area (Å²) in [4.78, 5) is 41.0. The van der Waals surface area contributed by atoms with Crippen molar-refractivity contribution in [1.82, 2.24) is 9.79 Å². The van der Waals surface area contributed by atoms with E-state index in [1.807, 2.05) is 0 Å². The average Bonchev–Trinajstić information content (AvgIpc) is 3.16. The molecule has 0 saturated carbocycles. The van der Waals surface area contributed by atoms with Crippen LogP contribution < -0.4 is 4.72 Å². The van der Waals surface area contributed by atoms with E-state index in [2.05, 4.69) is 4.72 Å². The summed E-state index contributed by atoms with van der Waals surface area (Å²) in [6.07, 6.45) is 0. The van der Waals surface area contributed by atoms with Crippen LogP contribution in [0, 0.1) is 0 Å². The molecule has 1 N–H and O–H groups in total. The second-order valence-electron chi connectivity index (χ2n) is 4.68. The lowest BCUT2D eigenvalue weighted by Crippen LogP contribution is -2.32. The quantitative estimate of drug-likeness (QED) is 0.809. The maximum absolute atomic E-state index is 12.1. The van der Waals surface area contributed by atoms with Gasteiger partial charge in [-0.15, -0.1) is 11.3 Å². The van der Waals surface area contributed by atoms with Gasteiger partial charge in [0.25, 0.3) is 11.8 Å². The average molecular weight is 366 g/mol. The standard InChI is InChI=1S/C14H10N2O6S2/c1-15-24(20,21)8-6-11(23-7-8)14(19)22-16-12(17)9-4-2-3-5-10(9)13(16)18/h2-7,15H,1H3. The number of hydrogen-bond donors (Lipinski definition) is 1. The minimum atomic E-state index is -3.70. The highest BCUT2D eigenvalue weighted by Crippen LogP contribution is 2.25. The summed E-state index contributed by atoms with van der Waals surface area (Å²) in [5, 5.41) is 1.63. The number of imide groups is 1. The summed E-state index contributed by atoms with van der Waals surface area (Å²) in [5.41, 5.74) is 0.278. The van der Waals surface area contributed by atoms with Crippen LogP contribution in [0.15, 0.2) is 40.6 Å². The van der Waals surface area contributed by atoms with E-state index in [1.54, 1.807) is 12.1 Å². The highest BCUT2D eigenvalue weighted by atomic mass is 32.2. The summed E-state index contributed by atoms with van der Waals surface area (Å²) in [6, 6.07) is 7.18. The first kappa shape index (κ1) is 16.3. The normalized spacial score (nSPS) is 14.0. The maximum atomic E-state index is 12.1. The van der Waals surface area contributed by atoms with Crippen LogP contribution in [0.2, 0.25) is 0 Å². The number of rotatable bonds is 4. The van der Waals surface area contributed by atoms with Crippen molar-refractivity contribution in [2.24, 2.45) is 0 Å². The first-order valence-electron chi connectivity index (χ1n) is 6.57. The van der Waals surface area contributed by atoms with Crippen LogP contribution in [0.5, 0.6) is 0 Å². The van der Waals surface area contributed by atoms with Crippen LogP contribution in [0.25, 0.3) is 0 Å². The number of hydroxylamine groups is 2. The molecule has 1 aliphatic heterocycles. The first-order valence-corrected chi connectivity index (χ1v) is 8.93. The van der Waals surface area contributed by atoms with E-state index >= 15 is 0 Å². The van der Waals surface area contributed by atoms with Gasteiger partial charge in [-0.3, -0.25) is 9.59 Å². The minimum Gasteiger partial charge on any atom is -0.323 e. The molecule has 0 spiro atoms. The topological polar surface area (TPSA) is 110 Å². The molecule has 0 radical (unpaired) electrons. The Morgan fingerprint density at radius 2 is 1.75 bits per heavy atom. The van der Waals surface area contributed by atoms with Gasteiger partial charge in [0.05, 0.1) is 16.0 Å². The van der Waals surface area contributed by atoms with E-state index in [0.717, 1.165) is 17.4 Å². The third-order valence-electron chi connectivity index (χ3n) is 3.29. The number of hydrogen-bond acceptors (Lipinski definition) is 7. The van der Waals surface area contributed by atoms with Crippen LogP contribution in [-0.4, -0.2) is 38.3 Å². The van der Waals surface area contributed by atoms with Crippen molar-refractivity contribution in [1.29, 1.82) is 0 Å². The smallest absolute Gasteiger partial charge is 0.323 e. The van der Waals surface area contributed by atoms with E-state index in [-0.39, 0.29) is 20.9 Å². The number of nitrogens with zero attached hydrogens (tertiary/aromatic N) is 1. The lowest BCUT2D eigenvalue weighted by molar-refractivity contribution is -0.0581. The van der Waals surface area contributed by atoms with E-state index in [1.165, 1.54) is 24.6 Å². The van der Waals surface area contributed by atoms with Gasteiger partial charge in [0.1, 0.15) is 4.88 Å². The lowest BCUT2D eigenvalue weighted by Gasteiger charge is -2.11. The highest BCUT2D eigenvalue weighted by Gasteiger charge is 2.39. The Bertz CT molecular complexity index is 928. The van der Waals surface area contributed by atoms with Gasteiger partial charge in [0, 0.05) is 5.38 Å². The minimum absolute atomic E-state index is 0.0552. The number of amides is 2. The van der Waals surface area contributed by atoms with Gasteiger partial charge in [-0.1, -0.05) is 17.2 Å². The van der Waals surface area contributed by atoms with E-state index in [4.69, 9.17) is 4.84 Å². The maximum Gasteiger partial charge on any atom is 0.373 e. The monoisotopic (exact) mass is 366 g/mol. The zero-order valence-corrected chi connectivity index (χ0v) is 13.8. The van der Waals surface area contributed by atoms with E-state index < -0.39 is 27.8 Å². The van der Waals surface area contributed by atoms with Gasteiger partial charge in [-0.25, -0.2) is 17.9 Å². The number of nitrogens with one attached hydrogen (secondary N) is 1. The molecule has 0 aliphatic carbocycles. The Morgan fingerprint density at radius 1 is 1.17 bits per heavy atom. The van der Waals surface area contributed by atoms with Gasteiger partial charge >= 0.3 is 5.97 Å². The number of fused-ring (bicyclic) bond motifs is 1. The molecule has 2 aromatic rings. The molecule has 1 aliphatic rings. The molecule has 0 atom stereocenters. The Labute approximate surface area is 140 Å². The SMILES string of the molecule is CNS(=O)(=O)c1csc(C(=O)ON2C(=O)c3ccccc3C2=O)c1. The molecule has 0 saturated heterocycles. The van der Waals surface area contributed by atoms with Crippen LogP contribution in [0.1, 0.15) is 30.4 Å². The number of benzene rings is 1. The van der Waals surface area contributed by atoms with Crippen LogP contribution in [-0.2, 0) is 14.9 Å². The fourth-order valence-corrected chi connectivity index (χ4v) is 3.94. The molecule has 124 valence electrons. The molecule has 0 unspecified atom stereocenters. The van der Waals surface area contributed by atoms with Crippen molar-refractivity contribution in [3.8, 4) is 0 Å². The second-order valence-corrected chi connectivity index (χ2v) is 7.48. The van der Waals surface area contributed by atoms with Crippen molar-refractivity contribution in [2.45, 2.75) is 4.90 Å². The molecule has 2 heterocycles. The third-order valence-corrected chi connectivity index (χ3v) is 5.74. The number of sulfonamides is 1. The summed E-state index contributed by atoms with van der Waals surface area (Å²) >= 11 is 0.827. The lowest BCUT2D eigenvalue weighted by atomic mass is 10.1. The fourth-order valence-electron chi connectivity index (χ4n) is 2.06. The largest absolute Gasteiger partial charge is 0.373 e. The zero-order chi connectivity index (χ0) is 17.5. The molecule has 24 heavy (non-hydrogen) atoms. The Morgan fingerprint density at radius 3 is 2.29 bits per heavy atom. The molecule has 1 aromatic carbocycles. The molecular weight excluding hydrogens is 356 g/mol. The van der Waals surface area contributed by atoms with Crippen molar-refractivity contribution < 1.29 is 27.6 Å². The summed E-state index contributed by atoms with van der Waals surface area (Å²) in [7, 11) is -2.46. The van der Waals surface area contributed by atoms with Crippen molar-refractivity contribution in [3.63, 3.8) is 0 Å². The number of carbonyl (C=O) groups excluding carboxylic acids is 3. The van der Waals surface area contributed by atoms with Gasteiger partial charge in [0.15, 0.2) is 0 Å². The second kappa shape index (κ2) is 5.82. The van der Waals surface area contributed by atoms with Crippen LogP contribution in [0.3, 0.4) is 0 Å². The molecule has 0 bridgehead atoms. The molecule has 8 nitrogen and oxygen atoms in total. The number of carbonyl (C=O) groups is 3. The summed E-state index contributed by atoms with van der Waals surface area (Å²) in [6.45, 7) is 0. The summed E-state index contributed by atoms with van der Waals surface area (Å²) < 4.78 is 25.4. The predicted octanol–water partition coefficient (Wildman–Crippen LogP) is 1.02. The van der Waals surface area contributed by atoms with Gasteiger partial charge in [-0.05, 0) is 25.2 Å². The Hall–Kier alpha value is -2.56. The van der Waals surface area contributed by atoms with Crippen LogP contribution in [0.4, 0.5) is 0 Å². The van der Waals surface area contributed by atoms with Crippen molar-refractivity contribution >= 4 is 39.1 Å². The molecule has 1 aromatic heterocycles. The van der Waals surface area contributed by atoms with E-state index in [9.17, 15) is 22.8 Å². The Balaban J connectivity index is 1.82. The molecular formula is C14H10N2O6S2. The first-order chi connectivity index (χ1) is 11.3. The summed E-state index contributed by atoms with van der Waals surface area (Å²) in [5.74, 6) is -2.49. The van der Waals surface area contributed by atoms with Crippen molar-refractivity contribution in [2.75, 3.05) is 7.05 Å². The van der Waals surface area contributed by atoms with Gasteiger partial charge in [-0.2, -0.15) is 0 Å². The fraction of sp³-hybridized carbons (Fsp3) is 0.0714. The zero-order valence-electron chi connectivity index (χ0n) is 12.2. The number of thiophene rings is 1. The molecule has 0 fully saturated rings. The van der Waals surface area contributed by atoms with Gasteiger partial charge in [0.2, 0.25) is 10.0 Å². The van der Waals surface area contributed by atoms with E-state index in [0.29, 0.717) is 5.06 Å². The Kier molecular flexibility index (Phi) is 3.95. The third kappa shape index (κ3) is 2.60. The predicted molar refractivity (Wildman–Crippen MR) is 82.9 cm³/mol. The van der Waals surface area contributed by atoms with Crippen LogP contribution >= 0.6 is 11.3 Å². The molecule has 10 heteroatoms.